The van der Waals surface area contributed by atoms with E-state index in [1.54, 1.807) is 44.9 Å². The molecule has 0 heteroatoms. The molecule has 0 nitrogen and oxygen atoms in total. The highest BCUT2D eigenvalue weighted by molar-refractivity contribution is 5.06. The quantitative estimate of drug-likeness (QED) is 0.601. The van der Waals surface area contributed by atoms with Gasteiger partial charge in [-0.25, -0.2) is 0 Å². The van der Waals surface area contributed by atoms with Gasteiger partial charge in [0.15, 0.2) is 0 Å². The Labute approximate surface area is 94.8 Å². The van der Waals surface area contributed by atoms with Crippen LogP contribution in [0.4, 0.5) is 0 Å². The first-order valence-electron chi connectivity index (χ1n) is 7.30. The fourth-order valence-electron chi connectivity index (χ4n) is 5.43. The van der Waals surface area contributed by atoms with Crippen LogP contribution in [0.2, 0.25) is 0 Å². The minimum absolute atomic E-state index is 0.788. The Bertz CT molecular complexity index is 226. The van der Waals surface area contributed by atoms with E-state index in [1.807, 2.05) is 0 Å². The van der Waals surface area contributed by atoms with E-state index in [2.05, 4.69) is 6.92 Å². The predicted octanol–water partition coefficient (Wildman–Crippen LogP) is 4.93. The number of hydrogen-bond acceptors (Lipinski definition) is 0. The van der Waals surface area contributed by atoms with Gasteiger partial charge in [-0.05, 0) is 68.1 Å². The van der Waals surface area contributed by atoms with Crippen molar-refractivity contribution in [2.45, 2.75) is 77.6 Å². The molecule has 0 atom stereocenters. The van der Waals surface area contributed by atoms with E-state index in [0.717, 1.165) is 16.7 Å². The smallest absolute Gasteiger partial charge is 0.0238 e. The first-order chi connectivity index (χ1) is 7.30. The van der Waals surface area contributed by atoms with Gasteiger partial charge in [0.25, 0.3) is 0 Å². The van der Waals surface area contributed by atoms with Crippen molar-refractivity contribution < 1.29 is 0 Å². The van der Waals surface area contributed by atoms with Gasteiger partial charge in [-0.1, -0.05) is 26.2 Å². The Morgan fingerprint density at radius 2 is 1.60 bits per heavy atom. The second-order valence-electron chi connectivity index (χ2n) is 6.62. The molecule has 0 unspecified atom stereocenters. The second kappa shape index (κ2) is 3.50. The average molecular weight is 206 g/mol. The van der Waals surface area contributed by atoms with Gasteiger partial charge >= 0.3 is 0 Å². The van der Waals surface area contributed by atoms with Crippen molar-refractivity contribution in [3.8, 4) is 0 Å². The van der Waals surface area contributed by atoms with E-state index in [-0.39, 0.29) is 0 Å². The summed E-state index contributed by atoms with van der Waals surface area (Å²) in [6.45, 7) is 2.48. The van der Waals surface area contributed by atoms with Crippen LogP contribution in [0.1, 0.15) is 77.6 Å². The minimum Gasteiger partial charge on any atom is -0.0648 e. The van der Waals surface area contributed by atoms with Crippen molar-refractivity contribution in [3.63, 3.8) is 0 Å². The third-order valence-electron chi connectivity index (χ3n) is 6.35. The summed E-state index contributed by atoms with van der Waals surface area (Å²) in [5, 5.41) is 0. The Morgan fingerprint density at radius 1 is 0.933 bits per heavy atom. The van der Waals surface area contributed by atoms with Gasteiger partial charge in [0.05, 0.1) is 0 Å². The summed E-state index contributed by atoms with van der Waals surface area (Å²) >= 11 is 0. The molecule has 3 saturated carbocycles. The summed E-state index contributed by atoms with van der Waals surface area (Å²) in [6.07, 6.45) is 17.1. The van der Waals surface area contributed by atoms with Gasteiger partial charge < -0.3 is 0 Å². The lowest BCUT2D eigenvalue weighted by Crippen LogP contribution is -2.40. The molecular formula is C15H26. The molecule has 15 heavy (non-hydrogen) atoms. The SMILES string of the molecule is CCC1(C23CCC(CC2)C3)CCCCC1. The molecule has 3 fully saturated rings. The van der Waals surface area contributed by atoms with E-state index in [9.17, 15) is 0 Å². The fourth-order valence-corrected chi connectivity index (χ4v) is 5.43. The Balaban J connectivity index is 1.88. The fraction of sp³-hybridized carbons (Fsp3) is 1.00. The van der Waals surface area contributed by atoms with Crippen LogP contribution in [-0.4, -0.2) is 0 Å². The van der Waals surface area contributed by atoms with Crippen molar-refractivity contribution >= 4 is 0 Å². The van der Waals surface area contributed by atoms with Gasteiger partial charge in [-0.2, -0.15) is 0 Å². The highest BCUT2D eigenvalue weighted by atomic mass is 14.6. The summed E-state index contributed by atoms with van der Waals surface area (Å²) in [6, 6.07) is 0. The van der Waals surface area contributed by atoms with Crippen LogP contribution >= 0.6 is 0 Å². The molecule has 0 spiro atoms. The van der Waals surface area contributed by atoms with Gasteiger partial charge in [0, 0.05) is 0 Å². The van der Waals surface area contributed by atoms with E-state index in [4.69, 9.17) is 0 Å². The summed E-state index contributed by atoms with van der Waals surface area (Å²) in [5.41, 5.74) is 1.61. The molecule has 0 radical (unpaired) electrons. The van der Waals surface area contributed by atoms with Gasteiger partial charge in [0.1, 0.15) is 0 Å². The van der Waals surface area contributed by atoms with Crippen LogP contribution < -0.4 is 0 Å². The Kier molecular flexibility index (Phi) is 2.37. The highest BCUT2D eigenvalue weighted by Crippen LogP contribution is 2.67. The molecule has 0 saturated heterocycles. The lowest BCUT2D eigenvalue weighted by molar-refractivity contribution is -0.00144. The molecule has 86 valence electrons. The third kappa shape index (κ3) is 1.33. The first kappa shape index (κ1) is 10.2. The van der Waals surface area contributed by atoms with Crippen LogP contribution in [0.15, 0.2) is 0 Å². The summed E-state index contributed by atoms with van der Waals surface area (Å²) in [7, 11) is 0. The Hall–Kier alpha value is 0. The van der Waals surface area contributed by atoms with Crippen molar-refractivity contribution in [1.29, 1.82) is 0 Å². The summed E-state index contributed by atoms with van der Waals surface area (Å²) in [5.74, 6) is 1.13. The van der Waals surface area contributed by atoms with Crippen molar-refractivity contribution in [2.75, 3.05) is 0 Å². The largest absolute Gasteiger partial charge is 0.0648 e. The lowest BCUT2D eigenvalue weighted by atomic mass is 9.54. The first-order valence-corrected chi connectivity index (χ1v) is 7.30. The second-order valence-corrected chi connectivity index (χ2v) is 6.62. The molecule has 2 bridgehead atoms. The van der Waals surface area contributed by atoms with Gasteiger partial charge in [-0.3, -0.25) is 0 Å². The molecule has 0 aromatic heterocycles. The minimum atomic E-state index is 0.788. The zero-order chi connectivity index (χ0) is 10.4. The highest BCUT2D eigenvalue weighted by Gasteiger charge is 2.56. The topological polar surface area (TPSA) is 0 Å². The van der Waals surface area contributed by atoms with Crippen molar-refractivity contribution in [3.05, 3.63) is 0 Å². The number of hydrogen-bond donors (Lipinski definition) is 0. The molecule has 0 heterocycles. The molecule has 0 aromatic rings. The standard InChI is InChI=1S/C15H26/c1-2-14(8-4-3-5-9-14)15-10-6-13(12-15)7-11-15/h13H,2-12H2,1H3. The van der Waals surface area contributed by atoms with Crippen LogP contribution in [0, 0.1) is 16.7 Å². The summed E-state index contributed by atoms with van der Waals surface area (Å²) in [4.78, 5) is 0. The molecule has 3 aliphatic carbocycles. The molecule has 3 rings (SSSR count). The zero-order valence-corrected chi connectivity index (χ0v) is 10.4. The van der Waals surface area contributed by atoms with E-state index < -0.39 is 0 Å². The predicted molar refractivity (Wildman–Crippen MR) is 64.8 cm³/mol. The van der Waals surface area contributed by atoms with E-state index in [0.29, 0.717) is 0 Å². The van der Waals surface area contributed by atoms with Crippen LogP contribution in [-0.2, 0) is 0 Å². The Morgan fingerprint density at radius 3 is 2.07 bits per heavy atom. The van der Waals surface area contributed by atoms with Crippen molar-refractivity contribution in [2.24, 2.45) is 16.7 Å². The lowest BCUT2D eigenvalue weighted by Gasteiger charge is -2.50. The molecule has 3 aliphatic rings. The zero-order valence-electron chi connectivity index (χ0n) is 10.4. The molecule has 0 N–H and O–H groups in total. The average Bonchev–Trinajstić information content (AvgIpc) is 2.91. The van der Waals surface area contributed by atoms with Gasteiger partial charge in [-0.15, -0.1) is 0 Å². The van der Waals surface area contributed by atoms with E-state index in [1.165, 1.54) is 25.7 Å². The van der Waals surface area contributed by atoms with Gasteiger partial charge in [0.2, 0.25) is 0 Å². The third-order valence-corrected chi connectivity index (χ3v) is 6.35. The maximum atomic E-state index is 2.48. The number of fused-ring (bicyclic) bond motifs is 2. The molecule has 0 aliphatic heterocycles. The van der Waals surface area contributed by atoms with Crippen LogP contribution in [0.25, 0.3) is 0 Å². The maximum Gasteiger partial charge on any atom is -0.0238 e. The maximum absolute atomic E-state index is 2.48. The monoisotopic (exact) mass is 206 g/mol. The molecule has 0 amide bonds. The van der Waals surface area contributed by atoms with Crippen LogP contribution in [0.3, 0.4) is 0 Å². The molecular weight excluding hydrogens is 180 g/mol. The molecule has 0 aromatic carbocycles. The number of rotatable bonds is 2. The normalized spacial score (nSPS) is 43.4. The van der Waals surface area contributed by atoms with Crippen LogP contribution in [0.5, 0.6) is 0 Å². The van der Waals surface area contributed by atoms with E-state index >= 15 is 0 Å². The van der Waals surface area contributed by atoms with Crippen molar-refractivity contribution in [1.82, 2.24) is 0 Å². The summed E-state index contributed by atoms with van der Waals surface area (Å²) < 4.78 is 0.